The maximum atomic E-state index is 13.3. The summed E-state index contributed by atoms with van der Waals surface area (Å²) in [6, 6.07) is 21.1. The Balaban J connectivity index is 0.000000446. The molecule has 0 bridgehead atoms. The Labute approximate surface area is 411 Å². The molecule has 0 radical (unpaired) electrons. The van der Waals surface area contributed by atoms with Crippen molar-refractivity contribution in [1.29, 1.82) is 0 Å². The van der Waals surface area contributed by atoms with Crippen LogP contribution in [-0.2, 0) is 88.0 Å². The fourth-order valence-corrected chi connectivity index (χ4v) is 6.21. The van der Waals surface area contributed by atoms with E-state index in [-0.39, 0.29) is 48.3 Å². The minimum absolute atomic E-state index is 0.202. The largest absolute Gasteiger partial charge is 0.381 e. The highest BCUT2D eigenvalue weighted by molar-refractivity contribution is 5.25. The average Bonchev–Trinajstić information content (AvgIpc) is 4.25. The summed E-state index contributed by atoms with van der Waals surface area (Å²) in [7, 11) is 0. The second-order valence-electron chi connectivity index (χ2n) is 14.6. The zero-order chi connectivity index (χ0) is 53.5. The maximum absolute atomic E-state index is 13.3. The number of aromatic amines is 4. The molecule has 2 atom stereocenters. The molecular formula is C48H55F3N12O9. The molecule has 21 nitrogen and oxygen atoms in total. The van der Waals surface area contributed by atoms with Crippen LogP contribution in [0.15, 0.2) is 72.8 Å². The van der Waals surface area contributed by atoms with Crippen molar-refractivity contribution in [2.45, 2.75) is 98.3 Å². The lowest BCUT2D eigenvalue weighted by Crippen LogP contribution is -2.19. The van der Waals surface area contributed by atoms with E-state index < -0.39 is 11.6 Å². The van der Waals surface area contributed by atoms with Gasteiger partial charge in [0.15, 0.2) is 17.5 Å². The minimum Gasteiger partial charge on any atom is -0.381 e. The number of ether oxygens (including phenoxy) is 1. The summed E-state index contributed by atoms with van der Waals surface area (Å²) in [5, 5.41) is 27.7. The number of aromatic nitrogens is 12. The number of H-pyrrole nitrogens is 4. The molecule has 7 aromatic rings. The molecule has 8 rings (SSSR count). The molecule has 0 amide bonds. The van der Waals surface area contributed by atoms with Crippen molar-refractivity contribution in [3.05, 3.63) is 154 Å². The highest BCUT2D eigenvalue weighted by Crippen LogP contribution is 2.21. The van der Waals surface area contributed by atoms with Gasteiger partial charge in [0.25, 0.3) is 0 Å². The smallest absolute Gasteiger partial charge is 0.373 e. The SMILES string of the molecule is CCc1n[nH]c(CC2CCCOC2)n1.CCc1n[nH]c(Cc2cccc(F)c2F)n1.CCc1n[nH]c(Cc2ccccc2F)n1.CCc1nc(C(C)c2ccccc2)n[nH]1.O=C=O.O=C=O.O=C=O.O=C=O. The molecule has 1 saturated heterocycles. The molecule has 1 fully saturated rings. The number of hydrogen-bond donors (Lipinski definition) is 4. The molecule has 5 heterocycles. The Morgan fingerprint density at radius 1 is 0.556 bits per heavy atom. The summed E-state index contributed by atoms with van der Waals surface area (Å²) in [4.78, 5) is 82.2. The third kappa shape index (κ3) is 24.2. The van der Waals surface area contributed by atoms with Gasteiger partial charge in [0, 0.05) is 64.1 Å². The van der Waals surface area contributed by atoms with Crippen LogP contribution in [0.25, 0.3) is 0 Å². The highest BCUT2D eigenvalue weighted by atomic mass is 19.2. The van der Waals surface area contributed by atoms with Gasteiger partial charge in [0.05, 0.1) is 0 Å². The number of halogens is 3. The predicted molar refractivity (Wildman–Crippen MR) is 243 cm³/mol. The van der Waals surface area contributed by atoms with E-state index >= 15 is 0 Å². The zero-order valence-corrected chi connectivity index (χ0v) is 40.2. The van der Waals surface area contributed by atoms with Crippen molar-refractivity contribution in [3.8, 4) is 0 Å². The number of nitrogens with one attached hydrogen (secondary N) is 4. The molecule has 0 aliphatic carbocycles. The lowest BCUT2D eigenvalue weighted by atomic mass is 9.98. The van der Waals surface area contributed by atoms with Crippen LogP contribution in [0.3, 0.4) is 0 Å². The van der Waals surface area contributed by atoms with Crippen molar-refractivity contribution >= 4 is 24.6 Å². The second kappa shape index (κ2) is 37.4. The zero-order valence-electron chi connectivity index (χ0n) is 40.2. The van der Waals surface area contributed by atoms with Crippen LogP contribution < -0.4 is 0 Å². The normalized spacial score (nSPS) is 12.0. The first-order chi connectivity index (χ1) is 34.8. The molecular weight excluding hydrogens is 946 g/mol. The Hall–Kier alpha value is -8.51. The second-order valence-corrected chi connectivity index (χ2v) is 14.6. The lowest BCUT2D eigenvalue weighted by molar-refractivity contribution is -0.193. The van der Waals surface area contributed by atoms with Crippen LogP contribution in [0, 0.1) is 23.4 Å². The van der Waals surface area contributed by atoms with Crippen molar-refractivity contribution in [2.24, 2.45) is 5.92 Å². The topological polar surface area (TPSA) is 312 Å². The number of carbonyl (C=O) groups excluding carboxylic acids is 8. The molecule has 24 heteroatoms. The van der Waals surface area contributed by atoms with Gasteiger partial charge in [0.1, 0.15) is 46.6 Å². The number of nitrogens with zero attached hydrogens (tertiary/aromatic N) is 8. The molecule has 4 N–H and O–H groups in total. The summed E-state index contributed by atoms with van der Waals surface area (Å²) in [5.74, 6) is 5.45. The quantitative estimate of drug-likeness (QED) is 0.111. The first-order valence-corrected chi connectivity index (χ1v) is 22.2. The van der Waals surface area contributed by atoms with Crippen LogP contribution in [0.5, 0.6) is 0 Å². The Morgan fingerprint density at radius 3 is 1.49 bits per heavy atom. The molecule has 1 aliphatic heterocycles. The van der Waals surface area contributed by atoms with Gasteiger partial charge < -0.3 is 4.74 Å². The van der Waals surface area contributed by atoms with Crippen LogP contribution in [-0.4, -0.2) is 98.5 Å². The van der Waals surface area contributed by atoms with E-state index in [1.54, 1.807) is 12.1 Å². The number of hydrogen-bond acceptors (Lipinski definition) is 17. The van der Waals surface area contributed by atoms with Gasteiger partial charge in [0.2, 0.25) is 0 Å². The monoisotopic (exact) mass is 1000 g/mol. The van der Waals surface area contributed by atoms with E-state index in [1.165, 1.54) is 36.6 Å². The van der Waals surface area contributed by atoms with E-state index in [0.29, 0.717) is 41.8 Å². The molecule has 72 heavy (non-hydrogen) atoms. The lowest BCUT2D eigenvalue weighted by Gasteiger charge is -2.20. The molecule has 2 unspecified atom stereocenters. The van der Waals surface area contributed by atoms with E-state index in [1.807, 2.05) is 38.1 Å². The third-order valence-electron chi connectivity index (χ3n) is 9.70. The van der Waals surface area contributed by atoms with Crippen molar-refractivity contribution in [3.63, 3.8) is 0 Å². The van der Waals surface area contributed by atoms with Crippen molar-refractivity contribution in [2.75, 3.05) is 13.2 Å². The third-order valence-corrected chi connectivity index (χ3v) is 9.70. The average molecular weight is 1000 g/mol. The van der Waals surface area contributed by atoms with Crippen LogP contribution in [0.4, 0.5) is 13.2 Å². The fourth-order valence-electron chi connectivity index (χ4n) is 6.21. The standard InChI is InChI=1S/C12H15N3.C11H11F2N3.C11H12FN3.C10H17N3O.4CO2/c1-3-11-13-12(15-14-11)9(2)10-7-5-4-6-8-10;1-2-9-14-10(16-15-9)6-7-4-3-5-8(12)11(7)13;1-2-10-13-11(15-14-10)7-8-5-3-4-6-9(8)12;1-2-9-11-10(13-12-9)6-8-4-3-5-14-7-8;4*2-1-3/h4-9H,3H2,1-2H3,(H,13,14,15);3-5H,2,6H2,1H3,(H,14,15,16);3-6H,2,7H2,1H3,(H,13,14,15);8H,2-7H2,1H3,(H,11,12,13);;;;. The summed E-state index contributed by atoms with van der Waals surface area (Å²) in [5.41, 5.74) is 2.16. The first-order valence-electron chi connectivity index (χ1n) is 22.2. The number of benzene rings is 3. The number of rotatable bonds is 12. The first kappa shape index (κ1) is 61.5. The summed E-state index contributed by atoms with van der Waals surface area (Å²) in [6.07, 6.45) is 8.38. The van der Waals surface area contributed by atoms with Gasteiger partial charge in [-0.25, -0.2) is 33.1 Å². The summed E-state index contributed by atoms with van der Waals surface area (Å²) < 4.78 is 45.0. The molecule has 0 spiro atoms. The van der Waals surface area contributed by atoms with Gasteiger partial charge in [-0.05, 0) is 47.6 Å². The van der Waals surface area contributed by atoms with Gasteiger partial charge in [-0.3, -0.25) is 20.4 Å². The number of aryl methyl sites for hydroxylation is 4. The highest BCUT2D eigenvalue weighted by Gasteiger charge is 2.17. The van der Waals surface area contributed by atoms with E-state index in [2.05, 4.69) is 93.6 Å². The van der Waals surface area contributed by atoms with Gasteiger partial charge in [-0.2, -0.15) is 58.8 Å². The minimum atomic E-state index is -0.840. The fraction of sp³-hybridized carbons (Fsp3) is 0.375. The summed E-state index contributed by atoms with van der Waals surface area (Å²) >= 11 is 0. The summed E-state index contributed by atoms with van der Waals surface area (Å²) in [6.45, 7) is 12.0. The van der Waals surface area contributed by atoms with Crippen molar-refractivity contribution < 1.29 is 56.3 Å². The molecule has 1 aliphatic rings. The predicted octanol–water partition coefficient (Wildman–Crippen LogP) is 5.85. The Bertz CT molecular complexity index is 2650. The van der Waals surface area contributed by atoms with E-state index in [9.17, 15) is 13.2 Å². The van der Waals surface area contributed by atoms with Crippen molar-refractivity contribution in [1.82, 2.24) is 60.7 Å². The molecule has 382 valence electrons. The van der Waals surface area contributed by atoms with Gasteiger partial charge >= 0.3 is 24.6 Å². The van der Waals surface area contributed by atoms with Gasteiger partial charge in [-0.1, -0.05) is 95.3 Å². The van der Waals surface area contributed by atoms with E-state index in [0.717, 1.165) is 74.1 Å². The van der Waals surface area contributed by atoms with Gasteiger partial charge in [-0.15, -0.1) is 0 Å². The molecule has 4 aromatic heterocycles. The molecule has 3 aromatic carbocycles. The Morgan fingerprint density at radius 2 is 1.01 bits per heavy atom. The van der Waals surface area contributed by atoms with Crippen LogP contribution in [0.1, 0.15) is 117 Å². The maximum Gasteiger partial charge on any atom is 0.373 e. The molecule has 0 saturated carbocycles. The van der Waals surface area contributed by atoms with Crippen LogP contribution in [0.2, 0.25) is 0 Å². The Kier molecular flexibility index (Phi) is 31.9. The van der Waals surface area contributed by atoms with Crippen LogP contribution >= 0.6 is 0 Å². The van der Waals surface area contributed by atoms with E-state index in [4.69, 9.17) is 43.1 Å².